The molecule has 4 fully saturated rings. The van der Waals surface area contributed by atoms with Crippen molar-refractivity contribution in [1.29, 1.82) is 5.26 Å². The molecular formula is C26H38N4O2. The maximum absolute atomic E-state index is 12.9. The van der Waals surface area contributed by atoms with Gasteiger partial charge in [0.2, 0.25) is 5.91 Å². The number of nitrogens with zero attached hydrogens (tertiary/aromatic N) is 4. The second-order valence-electron chi connectivity index (χ2n) is 11.6. The maximum atomic E-state index is 12.9. The number of amides is 1. The summed E-state index contributed by atoms with van der Waals surface area (Å²) >= 11 is 0. The van der Waals surface area contributed by atoms with E-state index in [9.17, 15) is 10.1 Å². The first-order valence-electron chi connectivity index (χ1n) is 12.7. The Labute approximate surface area is 192 Å². The summed E-state index contributed by atoms with van der Waals surface area (Å²) in [6, 6.07) is 2.76. The van der Waals surface area contributed by atoms with Crippen molar-refractivity contribution in [3.05, 3.63) is 11.4 Å². The minimum atomic E-state index is -0.216. The van der Waals surface area contributed by atoms with E-state index >= 15 is 0 Å². The monoisotopic (exact) mass is 438 g/mol. The predicted molar refractivity (Wildman–Crippen MR) is 124 cm³/mol. The third-order valence-electron chi connectivity index (χ3n) is 8.42. The van der Waals surface area contributed by atoms with E-state index in [1.165, 1.54) is 25.0 Å². The second kappa shape index (κ2) is 8.17. The molecule has 0 bridgehead atoms. The van der Waals surface area contributed by atoms with Gasteiger partial charge in [-0.3, -0.25) is 4.79 Å². The number of ether oxygens (including phenoxy) is 1. The highest BCUT2D eigenvalue weighted by atomic mass is 16.5. The number of hydrogen-bond acceptors (Lipinski definition) is 5. The molecule has 5 aliphatic rings. The summed E-state index contributed by atoms with van der Waals surface area (Å²) in [5.74, 6) is 2.84. The molecule has 3 aliphatic heterocycles. The van der Waals surface area contributed by atoms with Crippen LogP contribution in [0.4, 0.5) is 0 Å². The van der Waals surface area contributed by atoms with Crippen LogP contribution in [-0.4, -0.2) is 59.3 Å². The molecule has 2 unspecified atom stereocenters. The largest absolute Gasteiger partial charge is 0.375 e. The summed E-state index contributed by atoms with van der Waals surface area (Å²) in [6.07, 6.45) is 6.64. The van der Waals surface area contributed by atoms with Gasteiger partial charge in [-0.1, -0.05) is 20.3 Å². The van der Waals surface area contributed by atoms with E-state index in [1.807, 2.05) is 0 Å². The lowest BCUT2D eigenvalue weighted by Gasteiger charge is -2.49. The highest BCUT2D eigenvalue weighted by Gasteiger charge is 2.47. The molecule has 5 rings (SSSR count). The van der Waals surface area contributed by atoms with E-state index in [1.54, 1.807) is 0 Å². The summed E-state index contributed by atoms with van der Waals surface area (Å²) in [5.41, 5.74) is 1.91. The quantitative estimate of drug-likeness (QED) is 0.666. The number of piperazine rings is 1. The van der Waals surface area contributed by atoms with E-state index in [4.69, 9.17) is 9.73 Å². The van der Waals surface area contributed by atoms with Crippen molar-refractivity contribution in [2.75, 3.05) is 26.2 Å². The van der Waals surface area contributed by atoms with Crippen molar-refractivity contribution >= 4 is 11.6 Å². The first-order valence-corrected chi connectivity index (χ1v) is 12.7. The molecule has 6 heteroatoms. The minimum absolute atomic E-state index is 0.176. The third-order valence-corrected chi connectivity index (χ3v) is 8.42. The second-order valence-corrected chi connectivity index (χ2v) is 11.6. The van der Waals surface area contributed by atoms with Crippen molar-refractivity contribution in [2.45, 2.75) is 77.9 Å². The summed E-state index contributed by atoms with van der Waals surface area (Å²) in [6.45, 7) is 11.6. The van der Waals surface area contributed by atoms with Crippen LogP contribution in [0.15, 0.2) is 16.4 Å². The lowest BCUT2D eigenvalue weighted by Crippen LogP contribution is -2.58. The van der Waals surface area contributed by atoms with E-state index in [2.05, 4.69) is 43.6 Å². The van der Waals surface area contributed by atoms with Crippen molar-refractivity contribution in [1.82, 2.24) is 9.80 Å². The normalized spacial score (nSPS) is 32.9. The molecule has 2 saturated heterocycles. The number of fused-ring (bicyclic) bond motifs is 1. The van der Waals surface area contributed by atoms with Crippen LogP contribution in [0.25, 0.3) is 0 Å². The molecule has 0 radical (unpaired) electrons. The molecular weight excluding hydrogens is 400 g/mol. The van der Waals surface area contributed by atoms with Gasteiger partial charge in [0, 0.05) is 43.1 Å². The van der Waals surface area contributed by atoms with Gasteiger partial charge in [-0.25, -0.2) is 4.99 Å². The van der Waals surface area contributed by atoms with Crippen molar-refractivity contribution < 1.29 is 9.53 Å². The fraction of sp³-hybridized carbons (Fsp3) is 0.808. The lowest BCUT2D eigenvalue weighted by molar-refractivity contribution is -0.138. The zero-order valence-electron chi connectivity index (χ0n) is 20.1. The average molecular weight is 439 g/mol. The molecule has 3 atom stereocenters. The van der Waals surface area contributed by atoms with Crippen LogP contribution in [0.5, 0.6) is 0 Å². The number of carbonyl (C=O) groups is 1. The Kier molecular flexibility index (Phi) is 5.60. The fourth-order valence-electron chi connectivity index (χ4n) is 6.07. The predicted octanol–water partition coefficient (Wildman–Crippen LogP) is 3.99. The van der Waals surface area contributed by atoms with E-state index in [0.29, 0.717) is 24.3 Å². The molecule has 32 heavy (non-hydrogen) atoms. The molecule has 174 valence electrons. The van der Waals surface area contributed by atoms with Gasteiger partial charge in [0.15, 0.2) is 0 Å². The molecule has 0 spiro atoms. The van der Waals surface area contributed by atoms with Crippen LogP contribution in [0.3, 0.4) is 0 Å². The topological polar surface area (TPSA) is 68.9 Å². The van der Waals surface area contributed by atoms with Gasteiger partial charge in [0.25, 0.3) is 0 Å². The summed E-state index contributed by atoms with van der Waals surface area (Å²) in [5, 5.41) is 10.3. The number of allylic oxidation sites excluding steroid dienone is 1. The number of rotatable bonds is 4. The smallest absolute Gasteiger partial charge is 0.226 e. The van der Waals surface area contributed by atoms with Gasteiger partial charge < -0.3 is 14.5 Å². The summed E-state index contributed by atoms with van der Waals surface area (Å²) < 4.78 is 6.20. The van der Waals surface area contributed by atoms with Crippen LogP contribution < -0.4 is 0 Å². The van der Waals surface area contributed by atoms with Gasteiger partial charge in [0.1, 0.15) is 5.82 Å². The Balaban J connectivity index is 1.47. The van der Waals surface area contributed by atoms with E-state index in [-0.39, 0.29) is 29.4 Å². The standard InChI is InChI=1S/C26H38N4O2/c1-16(2)22-14-29(10-11-30(22)25(31)18-8-9-18)24-20(13-27)19-12-26(3,4)32-15-21(19)23(28-24)17-6-5-7-17/h16-19,21-22H,5-12,14-15H2,1-4H3/t19?,21?,22-/m0/s1. The molecule has 2 saturated carbocycles. The Morgan fingerprint density at radius 1 is 1.19 bits per heavy atom. The molecule has 2 aliphatic carbocycles. The van der Waals surface area contributed by atoms with Gasteiger partial charge >= 0.3 is 0 Å². The number of hydrogen-bond donors (Lipinski definition) is 0. The SMILES string of the molecule is CC(C)[C@@H]1CN(C2=C(C#N)C3CC(C)(C)OCC3C(C3CCC3)=N2)CCN1C(=O)C1CC1. The van der Waals surface area contributed by atoms with Crippen molar-refractivity contribution in [3.8, 4) is 6.07 Å². The Bertz CT molecular complexity index is 875. The van der Waals surface area contributed by atoms with Crippen molar-refractivity contribution in [2.24, 2.45) is 34.6 Å². The van der Waals surface area contributed by atoms with Gasteiger partial charge in [-0.2, -0.15) is 5.26 Å². The molecule has 0 aromatic carbocycles. The molecule has 1 amide bonds. The van der Waals surface area contributed by atoms with Crippen LogP contribution in [-0.2, 0) is 9.53 Å². The van der Waals surface area contributed by atoms with Gasteiger partial charge in [-0.15, -0.1) is 0 Å². The van der Waals surface area contributed by atoms with Crippen molar-refractivity contribution in [3.63, 3.8) is 0 Å². The Morgan fingerprint density at radius 3 is 2.53 bits per heavy atom. The van der Waals surface area contributed by atoms with E-state index < -0.39 is 0 Å². The van der Waals surface area contributed by atoms with E-state index in [0.717, 1.165) is 50.3 Å². The molecule has 0 N–H and O–H groups in total. The number of aliphatic imine (C=N–C) groups is 1. The average Bonchev–Trinajstić information content (AvgIpc) is 3.55. The zero-order chi connectivity index (χ0) is 22.6. The van der Waals surface area contributed by atoms with Gasteiger partial charge in [-0.05, 0) is 57.8 Å². The highest BCUT2D eigenvalue weighted by molar-refractivity contribution is 5.92. The fourth-order valence-corrected chi connectivity index (χ4v) is 6.07. The van der Waals surface area contributed by atoms with Crippen LogP contribution in [0.2, 0.25) is 0 Å². The zero-order valence-corrected chi connectivity index (χ0v) is 20.1. The summed E-state index contributed by atoms with van der Waals surface area (Å²) in [7, 11) is 0. The van der Waals surface area contributed by atoms with Crippen LogP contribution >= 0.6 is 0 Å². The maximum Gasteiger partial charge on any atom is 0.226 e. The minimum Gasteiger partial charge on any atom is -0.375 e. The Hall–Kier alpha value is -1.87. The number of carbonyl (C=O) groups excluding carboxylic acids is 1. The Morgan fingerprint density at radius 2 is 1.94 bits per heavy atom. The molecule has 0 aromatic rings. The first kappa shape index (κ1) is 21.9. The highest BCUT2D eigenvalue weighted by Crippen LogP contribution is 2.46. The van der Waals surface area contributed by atoms with Crippen LogP contribution in [0, 0.1) is 40.9 Å². The summed E-state index contributed by atoms with van der Waals surface area (Å²) in [4.78, 5) is 22.6. The molecule has 6 nitrogen and oxygen atoms in total. The third kappa shape index (κ3) is 3.87. The lowest BCUT2D eigenvalue weighted by atomic mass is 9.67. The molecule has 0 aromatic heterocycles. The first-order chi connectivity index (χ1) is 15.3. The molecule has 3 heterocycles. The van der Waals surface area contributed by atoms with Gasteiger partial charge in [0.05, 0.1) is 29.9 Å². The number of nitriles is 1. The van der Waals surface area contributed by atoms with Crippen LogP contribution in [0.1, 0.15) is 66.2 Å².